The van der Waals surface area contributed by atoms with Crippen LogP contribution in [-0.4, -0.2) is 17.6 Å². The van der Waals surface area contributed by atoms with E-state index in [-0.39, 0.29) is 0 Å². The summed E-state index contributed by atoms with van der Waals surface area (Å²) in [6, 6.07) is 0. The van der Waals surface area contributed by atoms with Crippen LogP contribution < -0.4 is 5.73 Å². The molecular weight excluding hydrogens is 238 g/mol. The van der Waals surface area contributed by atoms with Crippen molar-refractivity contribution in [1.29, 1.82) is 0 Å². The highest BCUT2D eigenvalue weighted by Crippen LogP contribution is 2.04. The topological polar surface area (TPSA) is 63.3 Å². The molecule has 19 heavy (non-hydrogen) atoms. The number of carboxylic acids is 1. The SMILES string of the molecule is CCCCCCCC(=O)O.CCCCCCCCN. The normalized spacial score (nSPS) is 9.84. The zero-order valence-corrected chi connectivity index (χ0v) is 13.1. The highest BCUT2D eigenvalue weighted by molar-refractivity contribution is 5.66. The number of nitrogens with two attached hydrogens (primary N) is 1. The smallest absolute Gasteiger partial charge is 0.303 e. The minimum atomic E-state index is -0.670. The van der Waals surface area contributed by atoms with Crippen molar-refractivity contribution in [2.75, 3.05) is 6.54 Å². The molecule has 3 N–H and O–H groups in total. The van der Waals surface area contributed by atoms with Crippen LogP contribution in [0.2, 0.25) is 0 Å². The maximum Gasteiger partial charge on any atom is 0.303 e. The van der Waals surface area contributed by atoms with Crippen molar-refractivity contribution in [2.45, 2.75) is 90.9 Å². The first-order chi connectivity index (χ1) is 9.18. The molecule has 0 rings (SSSR count). The lowest BCUT2D eigenvalue weighted by atomic mass is 10.1. The summed E-state index contributed by atoms with van der Waals surface area (Å²) in [6.07, 6.45) is 13.9. The zero-order chi connectivity index (χ0) is 14.8. The minimum Gasteiger partial charge on any atom is -0.481 e. The Hall–Kier alpha value is -0.570. The van der Waals surface area contributed by atoms with Gasteiger partial charge in [-0.05, 0) is 19.4 Å². The zero-order valence-electron chi connectivity index (χ0n) is 13.1. The van der Waals surface area contributed by atoms with Gasteiger partial charge in [0.25, 0.3) is 0 Å². The largest absolute Gasteiger partial charge is 0.481 e. The molecule has 0 fully saturated rings. The molecule has 3 heteroatoms. The van der Waals surface area contributed by atoms with Gasteiger partial charge >= 0.3 is 5.97 Å². The first-order valence-corrected chi connectivity index (χ1v) is 8.10. The highest BCUT2D eigenvalue weighted by atomic mass is 16.4. The average molecular weight is 273 g/mol. The fourth-order valence-corrected chi connectivity index (χ4v) is 1.80. The van der Waals surface area contributed by atoms with Crippen LogP contribution in [-0.2, 0) is 4.79 Å². The molecule has 0 aromatic heterocycles. The lowest BCUT2D eigenvalue weighted by Gasteiger charge is -1.96. The Labute approximate surface area is 120 Å². The summed E-state index contributed by atoms with van der Waals surface area (Å²) >= 11 is 0. The van der Waals surface area contributed by atoms with Crippen LogP contribution in [0.1, 0.15) is 90.9 Å². The molecule has 0 amide bonds. The molecule has 0 aromatic rings. The van der Waals surface area contributed by atoms with Gasteiger partial charge in [0.1, 0.15) is 0 Å². The van der Waals surface area contributed by atoms with Crippen LogP contribution in [0.3, 0.4) is 0 Å². The lowest BCUT2D eigenvalue weighted by molar-refractivity contribution is -0.137. The van der Waals surface area contributed by atoms with Crippen LogP contribution in [0.4, 0.5) is 0 Å². The Kier molecular flexibility index (Phi) is 21.6. The van der Waals surface area contributed by atoms with Gasteiger partial charge in [-0.1, -0.05) is 71.6 Å². The number of hydrogen-bond acceptors (Lipinski definition) is 2. The highest BCUT2D eigenvalue weighted by Gasteiger charge is 1.94. The molecule has 0 aliphatic rings. The second kappa shape index (κ2) is 19.8. The third-order valence-electron chi connectivity index (χ3n) is 3.05. The molecule has 0 aromatic carbocycles. The van der Waals surface area contributed by atoms with Gasteiger partial charge < -0.3 is 10.8 Å². The van der Waals surface area contributed by atoms with Gasteiger partial charge in [0.2, 0.25) is 0 Å². The van der Waals surface area contributed by atoms with Gasteiger partial charge in [0.15, 0.2) is 0 Å². The van der Waals surface area contributed by atoms with Crippen LogP contribution in [0, 0.1) is 0 Å². The van der Waals surface area contributed by atoms with Crippen molar-refractivity contribution in [2.24, 2.45) is 5.73 Å². The molecule has 0 aliphatic carbocycles. The van der Waals surface area contributed by atoms with E-state index >= 15 is 0 Å². The van der Waals surface area contributed by atoms with Crippen molar-refractivity contribution < 1.29 is 9.90 Å². The third kappa shape index (κ3) is 26.9. The van der Waals surface area contributed by atoms with E-state index in [9.17, 15) is 4.79 Å². The molecule has 0 heterocycles. The third-order valence-corrected chi connectivity index (χ3v) is 3.05. The number of carboxylic acid groups (broad SMARTS) is 1. The van der Waals surface area contributed by atoms with Crippen molar-refractivity contribution >= 4 is 5.97 Å². The number of hydrogen-bond donors (Lipinski definition) is 2. The van der Waals surface area contributed by atoms with Crippen LogP contribution in [0.5, 0.6) is 0 Å². The van der Waals surface area contributed by atoms with E-state index < -0.39 is 5.97 Å². The maximum atomic E-state index is 10.0. The van der Waals surface area contributed by atoms with E-state index in [0.29, 0.717) is 6.42 Å². The van der Waals surface area contributed by atoms with Crippen molar-refractivity contribution in [1.82, 2.24) is 0 Å². The quantitative estimate of drug-likeness (QED) is 0.505. The maximum absolute atomic E-state index is 10.0. The molecule has 0 aliphatic heterocycles. The van der Waals surface area contributed by atoms with Gasteiger partial charge in [0.05, 0.1) is 0 Å². The fraction of sp³-hybridized carbons (Fsp3) is 0.938. The molecule has 0 atom stereocenters. The minimum absolute atomic E-state index is 0.337. The number of unbranched alkanes of at least 4 members (excludes halogenated alkanes) is 9. The molecule has 0 spiro atoms. The summed E-state index contributed by atoms with van der Waals surface area (Å²) in [5.74, 6) is -0.670. The van der Waals surface area contributed by atoms with E-state index in [2.05, 4.69) is 13.8 Å². The summed E-state index contributed by atoms with van der Waals surface area (Å²) in [7, 11) is 0. The second-order valence-corrected chi connectivity index (χ2v) is 5.11. The van der Waals surface area contributed by atoms with Gasteiger partial charge in [-0.25, -0.2) is 0 Å². The van der Waals surface area contributed by atoms with Gasteiger partial charge in [0, 0.05) is 6.42 Å². The number of aliphatic carboxylic acids is 1. The molecule has 0 saturated carbocycles. The first kappa shape index (κ1) is 20.7. The molecule has 3 nitrogen and oxygen atoms in total. The summed E-state index contributed by atoms with van der Waals surface area (Å²) in [4.78, 5) is 10.0. The molecule has 0 saturated heterocycles. The Morgan fingerprint density at radius 1 is 0.789 bits per heavy atom. The van der Waals surface area contributed by atoms with Crippen molar-refractivity contribution in [3.05, 3.63) is 0 Å². The van der Waals surface area contributed by atoms with Crippen LogP contribution in [0.25, 0.3) is 0 Å². The second-order valence-electron chi connectivity index (χ2n) is 5.11. The standard InChI is InChI=1S/C8H19N.C8H16O2/c1-2-3-4-5-6-7-8-9;1-2-3-4-5-6-7-8(9)10/h2-9H2,1H3;2-7H2,1H3,(H,9,10). The van der Waals surface area contributed by atoms with Gasteiger partial charge in [-0.2, -0.15) is 0 Å². The van der Waals surface area contributed by atoms with Gasteiger partial charge in [-0.3, -0.25) is 4.79 Å². The molecule has 0 unspecified atom stereocenters. The fourth-order valence-electron chi connectivity index (χ4n) is 1.80. The Balaban J connectivity index is 0. The van der Waals surface area contributed by atoms with Crippen LogP contribution in [0.15, 0.2) is 0 Å². The summed E-state index contributed by atoms with van der Waals surface area (Å²) < 4.78 is 0. The Morgan fingerprint density at radius 3 is 1.63 bits per heavy atom. The number of carbonyl (C=O) groups is 1. The van der Waals surface area contributed by atoms with Crippen molar-refractivity contribution in [3.63, 3.8) is 0 Å². The monoisotopic (exact) mass is 273 g/mol. The van der Waals surface area contributed by atoms with E-state index in [1.54, 1.807) is 0 Å². The predicted octanol–water partition coefficient (Wildman–Crippen LogP) is 4.74. The Bertz CT molecular complexity index is 166. The van der Waals surface area contributed by atoms with E-state index in [1.165, 1.54) is 57.8 Å². The van der Waals surface area contributed by atoms with E-state index in [4.69, 9.17) is 10.8 Å². The molecule has 116 valence electrons. The summed E-state index contributed by atoms with van der Waals surface area (Å²) in [6.45, 7) is 5.26. The Morgan fingerprint density at radius 2 is 1.21 bits per heavy atom. The summed E-state index contributed by atoms with van der Waals surface area (Å²) in [5.41, 5.74) is 5.34. The van der Waals surface area contributed by atoms with E-state index in [0.717, 1.165) is 19.4 Å². The van der Waals surface area contributed by atoms with Crippen LogP contribution >= 0.6 is 0 Å². The molecular formula is C16H35NO2. The average Bonchev–Trinajstić information content (AvgIpc) is 2.39. The predicted molar refractivity (Wildman–Crippen MR) is 83.4 cm³/mol. The first-order valence-electron chi connectivity index (χ1n) is 8.10. The summed E-state index contributed by atoms with van der Waals surface area (Å²) in [5, 5.41) is 8.27. The van der Waals surface area contributed by atoms with E-state index in [1.807, 2.05) is 0 Å². The molecule has 0 bridgehead atoms. The van der Waals surface area contributed by atoms with Gasteiger partial charge in [-0.15, -0.1) is 0 Å². The van der Waals surface area contributed by atoms with Crippen molar-refractivity contribution in [3.8, 4) is 0 Å². The lowest BCUT2D eigenvalue weighted by Crippen LogP contribution is -1.97. The molecule has 0 radical (unpaired) electrons. The number of rotatable bonds is 12.